The molecule has 0 unspecified atom stereocenters. The first-order valence-electron chi connectivity index (χ1n) is 13.9. The number of benzene rings is 2. The largest absolute Gasteiger partial charge is 0.513 e. The molecular weight excluding hydrogens is 574 g/mol. The number of aryl methyl sites for hydroxylation is 2. The summed E-state index contributed by atoms with van der Waals surface area (Å²) in [5.74, 6) is 0.127. The Morgan fingerprint density at radius 3 is 2.19 bits per heavy atom. The molecule has 0 saturated heterocycles. The van der Waals surface area contributed by atoms with Gasteiger partial charge in [0.05, 0.1) is 42.9 Å². The molecule has 12 heteroatoms. The van der Waals surface area contributed by atoms with E-state index in [0.29, 0.717) is 22.0 Å². The lowest BCUT2D eigenvalue weighted by Crippen LogP contribution is -2.14. The maximum atomic E-state index is 12.6. The molecule has 2 aromatic heterocycles. The summed E-state index contributed by atoms with van der Waals surface area (Å²) < 4.78 is 30.3. The van der Waals surface area contributed by atoms with Gasteiger partial charge in [-0.15, -0.1) is 0 Å². The number of ether oxygens (including phenoxy) is 5. The third-order valence-electron chi connectivity index (χ3n) is 6.63. The molecule has 0 N–H and O–H groups in total. The molecule has 0 fully saturated rings. The molecule has 11 nitrogen and oxygen atoms in total. The van der Waals surface area contributed by atoms with Gasteiger partial charge in [-0.25, -0.2) is 19.4 Å². The Morgan fingerprint density at radius 2 is 1.56 bits per heavy atom. The maximum Gasteiger partial charge on any atom is 0.513 e. The van der Waals surface area contributed by atoms with Gasteiger partial charge in [0.15, 0.2) is 5.16 Å². The van der Waals surface area contributed by atoms with E-state index in [9.17, 15) is 14.4 Å². The standard InChI is InChI=1S/C31H35N3O8S/c1-8-38-29(35)41-26-16-27(42-30(36)39-9-2)22(15-20(26)18(4)5)25-17-32-28(43-31(37)40-10-3)34(25)24-13-11-12-23-21(24)14-19(6)33(23)7/h11-18H,8-10H2,1-7H3. The number of imidazole rings is 1. The normalized spacial score (nSPS) is 11.1. The highest BCUT2D eigenvalue weighted by Crippen LogP contribution is 2.42. The molecule has 0 bridgehead atoms. The number of fused-ring (bicyclic) bond motifs is 1. The van der Waals surface area contributed by atoms with Crippen LogP contribution in [0.5, 0.6) is 11.5 Å². The highest BCUT2D eigenvalue weighted by atomic mass is 32.2. The fourth-order valence-electron chi connectivity index (χ4n) is 4.60. The fourth-order valence-corrected chi connectivity index (χ4v) is 5.32. The van der Waals surface area contributed by atoms with Crippen molar-refractivity contribution in [3.05, 3.63) is 53.9 Å². The predicted molar refractivity (Wildman–Crippen MR) is 162 cm³/mol. The van der Waals surface area contributed by atoms with Gasteiger partial charge in [-0.2, -0.15) is 0 Å². The van der Waals surface area contributed by atoms with Gasteiger partial charge in [-0.1, -0.05) is 19.9 Å². The van der Waals surface area contributed by atoms with Crippen LogP contribution in [0.15, 0.2) is 47.8 Å². The highest BCUT2D eigenvalue weighted by Gasteiger charge is 2.26. The zero-order chi connectivity index (χ0) is 31.3. The van der Waals surface area contributed by atoms with E-state index in [1.165, 1.54) is 6.07 Å². The van der Waals surface area contributed by atoms with Gasteiger partial charge in [-0.05, 0) is 63.4 Å². The van der Waals surface area contributed by atoms with Crippen LogP contribution in [0.25, 0.3) is 27.8 Å². The number of carbonyl (C=O) groups is 3. The number of nitrogens with zero attached hydrogens (tertiary/aromatic N) is 3. The first-order valence-corrected chi connectivity index (χ1v) is 14.8. The molecule has 0 amide bonds. The number of hydrogen-bond acceptors (Lipinski definition) is 10. The minimum atomic E-state index is -0.934. The molecule has 0 spiro atoms. The maximum absolute atomic E-state index is 12.6. The Morgan fingerprint density at radius 1 is 0.907 bits per heavy atom. The van der Waals surface area contributed by atoms with Gasteiger partial charge < -0.3 is 28.3 Å². The highest BCUT2D eigenvalue weighted by molar-refractivity contribution is 8.13. The van der Waals surface area contributed by atoms with Crippen LogP contribution < -0.4 is 9.47 Å². The van der Waals surface area contributed by atoms with Crippen molar-refractivity contribution in [3.8, 4) is 28.4 Å². The molecule has 4 aromatic rings. The summed E-state index contributed by atoms with van der Waals surface area (Å²) in [7, 11) is 1.98. The van der Waals surface area contributed by atoms with Gasteiger partial charge in [0, 0.05) is 41.5 Å². The SMILES string of the molecule is CCOC(=O)Oc1cc(OC(=O)OCC)c(C(C)C)cc1-c1cnc(SC(=O)OCC)n1-c1cccc2c1cc(C)n2C. The second-order valence-electron chi connectivity index (χ2n) is 9.71. The Hall–Kier alpha value is -4.45. The van der Waals surface area contributed by atoms with E-state index >= 15 is 0 Å². The quantitative estimate of drug-likeness (QED) is 0.0805. The predicted octanol–water partition coefficient (Wildman–Crippen LogP) is 7.78. The molecule has 2 heterocycles. The summed E-state index contributed by atoms with van der Waals surface area (Å²) in [6.45, 7) is 11.4. The van der Waals surface area contributed by atoms with Crippen molar-refractivity contribution in [1.29, 1.82) is 0 Å². The Bertz CT molecular complexity index is 1660. The zero-order valence-electron chi connectivity index (χ0n) is 25.3. The first-order chi connectivity index (χ1) is 20.6. The lowest BCUT2D eigenvalue weighted by molar-refractivity contribution is 0.102. The Labute approximate surface area is 254 Å². The van der Waals surface area contributed by atoms with Gasteiger partial charge in [-0.3, -0.25) is 4.57 Å². The van der Waals surface area contributed by atoms with Crippen LogP contribution in [0.2, 0.25) is 0 Å². The monoisotopic (exact) mass is 609 g/mol. The fraction of sp³-hybridized carbons (Fsp3) is 0.355. The summed E-state index contributed by atoms with van der Waals surface area (Å²) in [6.07, 6.45) is -0.223. The average Bonchev–Trinajstić information content (AvgIpc) is 3.48. The molecule has 43 heavy (non-hydrogen) atoms. The molecule has 0 saturated carbocycles. The van der Waals surface area contributed by atoms with Gasteiger partial charge in [0.2, 0.25) is 0 Å². The van der Waals surface area contributed by atoms with Crippen molar-refractivity contribution in [2.75, 3.05) is 19.8 Å². The van der Waals surface area contributed by atoms with Crippen LogP contribution in [0, 0.1) is 6.92 Å². The van der Waals surface area contributed by atoms with E-state index < -0.39 is 17.6 Å². The van der Waals surface area contributed by atoms with E-state index in [2.05, 4.69) is 15.6 Å². The van der Waals surface area contributed by atoms with Crippen molar-refractivity contribution < 1.29 is 38.1 Å². The molecular formula is C31H35N3O8S. The van der Waals surface area contributed by atoms with Gasteiger partial charge in [0.25, 0.3) is 0 Å². The average molecular weight is 610 g/mol. The molecule has 228 valence electrons. The number of carbonyl (C=O) groups excluding carboxylic acids is 3. The lowest BCUT2D eigenvalue weighted by atomic mass is 9.97. The molecule has 0 aliphatic rings. The minimum Gasteiger partial charge on any atom is -0.458 e. The molecule has 2 aromatic carbocycles. The Balaban J connectivity index is 2.02. The van der Waals surface area contributed by atoms with Crippen molar-refractivity contribution in [2.45, 2.75) is 52.6 Å². The third-order valence-corrected chi connectivity index (χ3v) is 7.39. The first kappa shape index (κ1) is 31.5. The summed E-state index contributed by atoms with van der Waals surface area (Å²) in [4.78, 5) is 42.1. The molecule has 0 aliphatic heterocycles. The number of rotatable bonds is 9. The number of aromatic nitrogens is 3. The minimum absolute atomic E-state index is 0.0624. The van der Waals surface area contributed by atoms with E-state index in [0.717, 1.165) is 34.0 Å². The van der Waals surface area contributed by atoms with Crippen LogP contribution in [0.1, 0.15) is 51.8 Å². The topological polar surface area (TPSA) is 120 Å². The molecule has 0 aliphatic carbocycles. The molecule has 4 rings (SSSR count). The van der Waals surface area contributed by atoms with Crippen LogP contribution in [-0.4, -0.2) is 51.6 Å². The molecule has 0 atom stereocenters. The van der Waals surface area contributed by atoms with Crippen LogP contribution in [0.4, 0.5) is 14.4 Å². The summed E-state index contributed by atoms with van der Waals surface area (Å²) in [6, 6.07) is 11.1. The zero-order valence-corrected chi connectivity index (χ0v) is 26.1. The number of thioether (sulfide) groups is 1. The van der Waals surface area contributed by atoms with Crippen molar-refractivity contribution in [1.82, 2.24) is 14.1 Å². The lowest BCUT2D eigenvalue weighted by Gasteiger charge is -2.19. The van der Waals surface area contributed by atoms with Gasteiger partial charge in [0.1, 0.15) is 11.5 Å². The van der Waals surface area contributed by atoms with Crippen LogP contribution in [-0.2, 0) is 21.3 Å². The second-order valence-corrected chi connectivity index (χ2v) is 10.6. The van der Waals surface area contributed by atoms with Crippen molar-refractivity contribution in [2.24, 2.45) is 7.05 Å². The van der Waals surface area contributed by atoms with E-state index in [1.807, 2.05) is 50.6 Å². The Kier molecular flexibility index (Phi) is 10.0. The van der Waals surface area contributed by atoms with Crippen molar-refractivity contribution in [3.63, 3.8) is 0 Å². The summed E-state index contributed by atoms with van der Waals surface area (Å²) in [5, 5.41) is 0.760. The molecule has 0 radical (unpaired) electrons. The van der Waals surface area contributed by atoms with E-state index in [4.69, 9.17) is 23.7 Å². The van der Waals surface area contributed by atoms with Gasteiger partial charge >= 0.3 is 17.6 Å². The summed E-state index contributed by atoms with van der Waals surface area (Å²) in [5.41, 5.74) is 4.40. The second kappa shape index (κ2) is 13.7. The van der Waals surface area contributed by atoms with E-state index in [1.54, 1.807) is 33.0 Å². The van der Waals surface area contributed by atoms with Crippen LogP contribution >= 0.6 is 11.8 Å². The number of hydrogen-bond donors (Lipinski definition) is 0. The van der Waals surface area contributed by atoms with E-state index in [-0.39, 0.29) is 37.2 Å². The third kappa shape index (κ3) is 6.80. The summed E-state index contributed by atoms with van der Waals surface area (Å²) >= 11 is 0.846. The smallest absolute Gasteiger partial charge is 0.458 e. The van der Waals surface area contributed by atoms with Crippen molar-refractivity contribution >= 4 is 40.3 Å². The van der Waals surface area contributed by atoms with Crippen LogP contribution in [0.3, 0.4) is 0 Å².